The second-order valence-electron chi connectivity index (χ2n) is 5.79. The molecule has 0 spiro atoms. The van der Waals surface area contributed by atoms with Gasteiger partial charge < -0.3 is 32.5 Å². The third kappa shape index (κ3) is 8.11. The number of carbonyl (C=O) groups is 5. The summed E-state index contributed by atoms with van der Waals surface area (Å²) in [7, 11) is 0. The van der Waals surface area contributed by atoms with Gasteiger partial charge in [0.15, 0.2) is 0 Å². The molecule has 0 bridgehead atoms. The van der Waals surface area contributed by atoms with E-state index in [-0.39, 0.29) is 12.5 Å². The zero-order valence-electron chi connectivity index (χ0n) is 14.4. The fraction of sp³-hybridized carbons (Fsp3) is 0.643. The summed E-state index contributed by atoms with van der Waals surface area (Å²) in [6.07, 6.45) is -0.528. The molecule has 0 radical (unpaired) electrons. The SMILES string of the molecule is CC(NC(=O)C(CC(N)=O)NC(=O)C(NC(=O)CN)C(C)C)C(=O)O. The second-order valence-corrected chi connectivity index (χ2v) is 5.79. The zero-order valence-corrected chi connectivity index (χ0v) is 14.4. The Hall–Kier alpha value is -2.69. The maximum Gasteiger partial charge on any atom is 0.325 e. The van der Waals surface area contributed by atoms with Crippen LogP contribution in [0.4, 0.5) is 0 Å². The number of nitrogens with two attached hydrogens (primary N) is 2. The van der Waals surface area contributed by atoms with Crippen molar-refractivity contribution in [3.05, 3.63) is 0 Å². The van der Waals surface area contributed by atoms with Crippen molar-refractivity contribution in [2.75, 3.05) is 6.54 Å². The number of carboxylic acids is 1. The minimum absolute atomic E-state index is 0.322. The molecule has 4 amide bonds. The Balaban J connectivity index is 5.18. The zero-order chi connectivity index (χ0) is 19.7. The van der Waals surface area contributed by atoms with Crippen molar-refractivity contribution in [1.82, 2.24) is 16.0 Å². The number of aliphatic carboxylic acids is 1. The molecule has 0 fully saturated rings. The normalized spacial score (nSPS) is 14.1. The van der Waals surface area contributed by atoms with Gasteiger partial charge in [-0.3, -0.25) is 24.0 Å². The predicted octanol–water partition coefficient (Wildman–Crippen LogP) is -2.96. The molecule has 3 unspecified atom stereocenters. The van der Waals surface area contributed by atoms with Gasteiger partial charge in [0, 0.05) is 0 Å². The first-order valence-corrected chi connectivity index (χ1v) is 7.60. The Bertz CT molecular complexity index is 536. The number of rotatable bonds is 10. The van der Waals surface area contributed by atoms with Crippen LogP contribution in [-0.2, 0) is 24.0 Å². The van der Waals surface area contributed by atoms with Gasteiger partial charge in [-0.15, -0.1) is 0 Å². The Morgan fingerprint density at radius 3 is 1.92 bits per heavy atom. The molecule has 0 saturated carbocycles. The maximum atomic E-state index is 12.3. The van der Waals surface area contributed by atoms with E-state index in [0.717, 1.165) is 0 Å². The minimum atomic E-state index is -1.37. The molecule has 0 aliphatic rings. The molecule has 0 aromatic rings. The monoisotopic (exact) mass is 359 g/mol. The average Bonchev–Trinajstić information content (AvgIpc) is 2.50. The van der Waals surface area contributed by atoms with E-state index in [1.165, 1.54) is 6.92 Å². The summed E-state index contributed by atoms with van der Waals surface area (Å²) >= 11 is 0. The van der Waals surface area contributed by atoms with E-state index < -0.39 is 54.1 Å². The van der Waals surface area contributed by atoms with Crippen molar-refractivity contribution in [2.24, 2.45) is 17.4 Å². The molecule has 11 nitrogen and oxygen atoms in total. The van der Waals surface area contributed by atoms with E-state index in [1.54, 1.807) is 13.8 Å². The summed E-state index contributed by atoms with van der Waals surface area (Å²) in [5, 5.41) is 15.7. The molecule has 0 aromatic heterocycles. The molecule has 3 atom stereocenters. The molecule has 11 heteroatoms. The first kappa shape index (κ1) is 22.3. The third-order valence-electron chi connectivity index (χ3n) is 3.22. The summed E-state index contributed by atoms with van der Waals surface area (Å²) in [5.74, 6) is -4.64. The predicted molar refractivity (Wildman–Crippen MR) is 86.8 cm³/mol. The van der Waals surface area contributed by atoms with Crippen molar-refractivity contribution in [3.8, 4) is 0 Å². The van der Waals surface area contributed by atoms with Crippen molar-refractivity contribution in [1.29, 1.82) is 0 Å². The van der Waals surface area contributed by atoms with Crippen molar-refractivity contribution >= 4 is 29.6 Å². The summed E-state index contributed by atoms with van der Waals surface area (Å²) in [6, 6.07) is -3.59. The molecule has 142 valence electrons. The van der Waals surface area contributed by atoms with Crippen LogP contribution in [0.3, 0.4) is 0 Å². The van der Waals surface area contributed by atoms with E-state index >= 15 is 0 Å². The van der Waals surface area contributed by atoms with Crippen LogP contribution < -0.4 is 27.4 Å². The fourth-order valence-electron chi connectivity index (χ4n) is 1.82. The molecule has 8 N–H and O–H groups in total. The first-order chi connectivity index (χ1) is 11.5. The van der Waals surface area contributed by atoms with Crippen LogP contribution in [0.2, 0.25) is 0 Å². The van der Waals surface area contributed by atoms with Gasteiger partial charge in [-0.2, -0.15) is 0 Å². The van der Waals surface area contributed by atoms with Crippen molar-refractivity contribution in [2.45, 2.75) is 45.3 Å². The molecule has 0 aromatic carbocycles. The first-order valence-electron chi connectivity index (χ1n) is 7.60. The van der Waals surface area contributed by atoms with E-state index in [1.807, 2.05) is 0 Å². The lowest BCUT2D eigenvalue weighted by molar-refractivity contribution is -0.142. The Morgan fingerprint density at radius 2 is 1.52 bits per heavy atom. The molecular weight excluding hydrogens is 334 g/mol. The van der Waals surface area contributed by atoms with Gasteiger partial charge in [0.1, 0.15) is 18.1 Å². The van der Waals surface area contributed by atoms with Gasteiger partial charge >= 0.3 is 5.97 Å². The topological polar surface area (TPSA) is 194 Å². The lowest BCUT2D eigenvalue weighted by atomic mass is 10.0. The number of hydrogen-bond donors (Lipinski definition) is 6. The van der Waals surface area contributed by atoms with E-state index in [0.29, 0.717) is 0 Å². The average molecular weight is 359 g/mol. The maximum absolute atomic E-state index is 12.3. The molecule has 25 heavy (non-hydrogen) atoms. The molecule has 0 aliphatic heterocycles. The number of hydrogen-bond acceptors (Lipinski definition) is 6. The van der Waals surface area contributed by atoms with Gasteiger partial charge in [-0.25, -0.2) is 0 Å². The van der Waals surface area contributed by atoms with Crippen LogP contribution in [0.1, 0.15) is 27.2 Å². The molecule has 0 saturated heterocycles. The van der Waals surface area contributed by atoms with Gasteiger partial charge in [-0.05, 0) is 12.8 Å². The Labute approximate surface area is 144 Å². The van der Waals surface area contributed by atoms with Crippen LogP contribution in [0.5, 0.6) is 0 Å². The molecule has 0 rings (SSSR count). The summed E-state index contributed by atoms with van der Waals surface area (Å²) in [4.78, 5) is 57.8. The van der Waals surface area contributed by atoms with Gasteiger partial charge in [0.25, 0.3) is 0 Å². The van der Waals surface area contributed by atoms with E-state index in [4.69, 9.17) is 16.6 Å². The summed E-state index contributed by atoms with van der Waals surface area (Å²) < 4.78 is 0. The number of carbonyl (C=O) groups excluding carboxylic acids is 4. The lowest BCUT2D eigenvalue weighted by Gasteiger charge is -2.25. The molecule has 0 heterocycles. The van der Waals surface area contributed by atoms with Crippen molar-refractivity contribution in [3.63, 3.8) is 0 Å². The smallest absolute Gasteiger partial charge is 0.325 e. The van der Waals surface area contributed by atoms with Crippen molar-refractivity contribution < 1.29 is 29.1 Å². The van der Waals surface area contributed by atoms with Gasteiger partial charge in [0.05, 0.1) is 13.0 Å². The van der Waals surface area contributed by atoms with Crippen LogP contribution >= 0.6 is 0 Å². The standard InChI is InChI=1S/C14H25N5O6/c1-6(2)11(19-10(21)5-15)13(23)18-8(4-9(16)20)12(22)17-7(3)14(24)25/h6-8,11H,4-5,15H2,1-3H3,(H2,16,20)(H,17,22)(H,18,23)(H,19,21)(H,24,25). The fourth-order valence-corrected chi connectivity index (χ4v) is 1.82. The van der Waals surface area contributed by atoms with Gasteiger partial charge in [-0.1, -0.05) is 13.8 Å². The highest BCUT2D eigenvalue weighted by molar-refractivity contribution is 5.95. The largest absolute Gasteiger partial charge is 0.480 e. The van der Waals surface area contributed by atoms with Crippen LogP contribution in [0, 0.1) is 5.92 Å². The molecule has 0 aliphatic carbocycles. The van der Waals surface area contributed by atoms with Crippen LogP contribution in [-0.4, -0.2) is 59.4 Å². The summed E-state index contributed by atoms with van der Waals surface area (Å²) in [6.45, 7) is 4.23. The molecular formula is C14H25N5O6. The Morgan fingerprint density at radius 1 is 0.960 bits per heavy atom. The number of primary amides is 1. The Kier molecular flexibility index (Phi) is 9.13. The minimum Gasteiger partial charge on any atom is -0.480 e. The lowest BCUT2D eigenvalue weighted by Crippen LogP contribution is -2.57. The second kappa shape index (κ2) is 10.2. The van der Waals surface area contributed by atoms with Crippen LogP contribution in [0.15, 0.2) is 0 Å². The third-order valence-corrected chi connectivity index (χ3v) is 3.22. The number of nitrogens with one attached hydrogen (secondary N) is 3. The summed E-state index contributed by atoms with van der Waals surface area (Å²) in [5.41, 5.74) is 10.3. The van der Waals surface area contributed by atoms with Gasteiger partial charge in [0.2, 0.25) is 23.6 Å². The quantitative estimate of drug-likeness (QED) is 0.239. The van der Waals surface area contributed by atoms with E-state index in [9.17, 15) is 24.0 Å². The highest BCUT2D eigenvalue weighted by atomic mass is 16.4. The van der Waals surface area contributed by atoms with E-state index in [2.05, 4.69) is 16.0 Å². The van der Waals surface area contributed by atoms with Crippen LogP contribution in [0.25, 0.3) is 0 Å². The highest BCUT2D eigenvalue weighted by Crippen LogP contribution is 2.04. The number of carboxylic acid groups (broad SMARTS) is 1. The highest BCUT2D eigenvalue weighted by Gasteiger charge is 2.30. The number of amides is 4.